The van der Waals surface area contributed by atoms with Gasteiger partial charge in [-0.05, 0) is 33.0 Å². The Morgan fingerprint density at radius 1 is 1.45 bits per heavy atom. The van der Waals surface area contributed by atoms with Crippen LogP contribution in [0.5, 0.6) is 5.75 Å². The summed E-state index contributed by atoms with van der Waals surface area (Å²) in [5.41, 5.74) is 7.71. The number of nitrogens with zero attached hydrogens (tertiary/aromatic N) is 2. The molecule has 2 N–H and O–H groups in total. The minimum atomic E-state index is -0.0771. The van der Waals surface area contributed by atoms with Gasteiger partial charge in [0.2, 0.25) is 0 Å². The predicted molar refractivity (Wildman–Crippen MR) is 88.2 cm³/mol. The molecule has 0 spiro atoms. The van der Waals surface area contributed by atoms with Gasteiger partial charge in [-0.2, -0.15) is 0 Å². The van der Waals surface area contributed by atoms with E-state index in [2.05, 4.69) is 41.7 Å². The Morgan fingerprint density at radius 3 is 2.55 bits per heavy atom. The fourth-order valence-electron chi connectivity index (χ4n) is 2.27. The Kier molecular flexibility index (Phi) is 4.21. The van der Waals surface area contributed by atoms with Crippen molar-refractivity contribution in [3.05, 3.63) is 21.1 Å². The van der Waals surface area contributed by atoms with Crippen molar-refractivity contribution in [3.63, 3.8) is 0 Å². The van der Waals surface area contributed by atoms with Gasteiger partial charge in [0.05, 0.1) is 23.1 Å². The highest BCUT2D eigenvalue weighted by atomic mass is 79.9. The molecular formula is C14H19BrClN3O. The van der Waals surface area contributed by atoms with Crippen LogP contribution >= 0.6 is 27.5 Å². The van der Waals surface area contributed by atoms with Crippen molar-refractivity contribution in [3.8, 4) is 5.75 Å². The van der Waals surface area contributed by atoms with Crippen molar-refractivity contribution in [1.29, 1.82) is 0 Å². The van der Waals surface area contributed by atoms with E-state index in [0.29, 0.717) is 29.8 Å². The van der Waals surface area contributed by atoms with Gasteiger partial charge >= 0.3 is 0 Å². The summed E-state index contributed by atoms with van der Waals surface area (Å²) in [6.07, 6.45) is 0. The standard InChI is InChI=1S/C14H19BrClN3O/c1-14(2,3)8-7-9(15)12(20-4)11(10(8)16)19-6-5-18-13(19)17/h7H,5-6H2,1-4H3,(H2,17,18). The molecule has 0 fully saturated rings. The molecule has 1 aliphatic heterocycles. The molecule has 0 saturated heterocycles. The second-order valence-corrected chi connectivity index (χ2v) is 6.98. The summed E-state index contributed by atoms with van der Waals surface area (Å²) in [6.45, 7) is 7.75. The average Bonchev–Trinajstić information content (AvgIpc) is 2.75. The molecule has 20 heavy (non-hydrogen) atoms. The van der Waals surface area contributed by atoms with Gasteiger partial charge in [-0.1, -0.05) is 32.4 Å². The average molecular weight is 361 g/mol. The summed E-state index contributed by atoms with van der Waals surface area (Å²) in [4.78, 5) is 6.13. The molecular weight excluding hydrogens is 342 g/mol. The quantitative estimate of drug-likeness (QED) is 0.877. The third-order valence-electron chi connectivity index (χ3n) is 3.30. The van der Waals surface area contributed by atoms with E-state index in [0.717, 1.165) is 15.7 Å². The van der Waals surface area contributed by atoms with Crippen LogP contribution in [0.3, 0.4) is 0 Å². The summed E-state index contributed by atoms with van der Waals surface area (Å²) in [7, 11) is 1.63. The lowest BCUT2D eigenvalue weighted by Gasteiger charge is -2.28. The number of aliphatic imine (C=N–C) groups is 1. The number of anilines is 1. The molecule has 1 aliphatic rings. The maximum Gasteiger partial charge on any atom is 0.196 e. The number of halogens is 2. The Morgan fingerprint density at radius 2 is 2.10 bits per heavy atom. The molecule has 0 aromatic heterocycles. The predicted octanol–water partition coefficient (Wildman–Crippen LogP) is 3.54. The Labute approximate surface area is 133 Å². The van der Waals surface area contributed by atoms with E-state index in [1.807, 2.05) is 11.0 Å². The van der Waals surface area contributed by atoms with Crippen LogP contribution in [0, 0.1) is 0 Å². The van der Waals surface area contributed by atoms with E-state index in [9.17, 15) is 0 Å². The fraction of sp³-hybridized carbons (Fsp3) is 0.500. The fourth-order valence-corrected chi connectivity index (χ4v) is 3.37. The summed E-state index contributed by atoms with van der Waals surface area (Å²) in [6, 6.07) is 2.01. The number of guanidine groups is 1. The number of ether oxygens (including phenoxy) is 1. The molecule has 6 heteroatoms. The van der Waals surface area contributed by atoms with E-state index in [4.69, 9.17) is 22.1 Å². The van der Waals surface area contributed by atoms with Gasteiger partial charge in [-0.15, -0.1) is 0 Å². The minimum absolute atomic E-state index is 0.0771. The molecule has 2 rings (SSSR count). The van der Waals surface area contributed by atoms with E-state index in [1.165, 1.54) is 0 Å². The first kappa shape index (κ1) is 15.4. The molecule has 0 amide bonds. The van der Waals surface area contributed by atoms with E-state index < -0.39 is 0 Å². The molecule has 0 saturated carbocycles. The van der Waals surface area contributed by atoms with Crippen molar-refractivity contribution in [2.45, 2.75) is 26.2 Å². The van der Waals surface area contributed by atoms with Crippen LogP contribution in [-0.2, 0) is 5.41 Å². The number of rotatable bonds is 2. The monoisotopic (exact) mass is 359 g/mol. The molecule has 1 heterocycles. The van der Waals surface area contributed by atoms with Crippen molar-refractivity contribution in [2.75, 3.05) is 25.1 Å². The molecule has 1 aromatic carbocycles. The first-order valence-electron chi connectivity index (χ1n) is 6.41. The Hall–Kier alpha value is -0.940. The third kappa shape index (κ3) is 2.61. The van der Waals surface area contributed by atoms with Gasteiger partial charge in [-0.3, -0.25) is 4.99 Å². The zero-order valence-corrected chi connectivity index (χ0v) is 14.5. The maximum absolute atomic E-state index is 6.64. The van der Waals surface area contributed by atoms with E-state index in [-0.39, 0.29) is 5.41 Å². The van der Waals surface area contributed by atoms with Gasteiger partial charge in [0.15, 0.2) is 11.7 Å². The number of hydrogen-bond donors (Lipinski definition) is 1. The molecule has 0 atom stereocenters. The lowest BCUT2D eigenvalue weighted by atomic mass is 9.86. The maximum atomic E-state index is 6.64. The number of nitrogens with two attached hydrogens (primary N) is 1. The zero-order valence-electron chi connectivity index (χ0n) is 12.1. The molecule has 0 bridgehead atoms. The topological polar surface area (TPSA) is 50.8 Å². The van der Waals surface area contributed by atoms with Crippen LogP contribution in [0.15, 0.2) is 15.5 Å². The van der Waals surface area contributed by atoms with Crippen LogP contribution in [0.1, 0.15) is 26.3 Å². The Balaban J connectivity index is 2.70. The summed E-state index contributed by atoms with van der Waals surface area (Å²) in [5.74, 6) is 1.16. The molecule has 0 aliphatic carbocycles. The van der Waals surface area contributed by atoms with Crippen LogP contribution in [0.2, 0.25) is 5.02 Å². The van der Waals surface area contributed by atoms with Crippen molar-refractivity contribution < 1.29 is 4.74 Å². The smallest absolute Gasteiger partial charge is 0.196 e. The second kappa shape index (κ2) is 5.45. The van der Waals surface area contributed by atoms with Crippen LogP contribution < -0.4 is 15.4 Å². The van der Waals surface area contributed by atoms with Gasteiger partial charge in [-0.25, -0.2) is 0 Å². The summed E-state index contributed by atoms with van der Waals surface area (Å²) in [5, 5.41) is 0.664. The van der Waals surface area contributed by atoms with E-state index >= 15 is 0 Å². The normalized spacial score (nSPS) is 15.5. The molecule has 0 unspecified atom stereocenters. The van der Waals surface area contributed by atoms with Crippen LogP contribution in [0.4, 0.5) is 5.69 Å². The highest BCUT2D eigenvalue weighted by Gasteiger charge is 2.29. The number of benzene rings is 1. The van der Waals surface area contributed by atoms with Gasteiger partial charge in [0.1, 0.15) is 5.69 Å². The van der Waals surface area contributed by atoms with Gasteiger partial charge in [0, 0.05) is 6.54 Å². The lowest BCUT2D eigenvalue weighted by molar-refractivity contribution is 0.412. The van der Waals surface area contributed by atoms with Crippen molar-refractivity contribution in [1.82, 2.24) is 0 Å². The molecule has 110 valence electrons. The SMILES string of the molecule is COc1c(Br)cc(C(C)(C)C)c(Cl)c1N1CCN=C1N. The first-order valence-corrected chi connectivity index (χ1v) is 7.58. The highest BCUT2D eigenvalue weighted by Crippen LogP contribution is 2.47. The second-order valence-electron chi connectivity index (χ2n) is 5.74. The van der Waals surface area contributed by atoms with Gasteiger partial charge in [0.25, 0.3) is 0 Å². The largest absolute Gasteiger partial charge is 0.493 e. The van der Waals surface area contributed by atoms with Gasteiger partial charge < -0.3 is 15.4 Å². The van der Waals surface area contributed by atoms with Crippen molar-refractivity contribution in [2.24, 2.45) is 10.7 Å². The van der Waals surface area contributed by atoms with E-state index in [1.54, 1.807) is 7.11 Å². The minimum Gasteiger partial charge on any atom is -0.493 e. The highest BCUT2D eigenvalue weighted by molar-refractivity contribution is 9.10. The third-order valence-corrected chi connectivity index (χ3v) is 4.28. The molecule has 4 nitrogen and oxygen atoms in total. The zero-order chi connectivity index (χ0) is 15.1. The van der Waals surface area contributed by atoms with Crippen molar-refractivity contribution >= 4 is 39.2 Å². The van der Waals surface area contributed by atoms with Crippen LogP contribution in [0.25, 0.3) is 0 Å². The summed E-state index contributed by atoms with van der Waals surface area (Å²) < 4.78 is 6.37. The summed E-state index contributed by atoms with van der Waals surface area (Å²) >= 11 is 10.2. The lowest BCUT2D eigenvalue weighted by Crippen LogP contribution is -2.34. The first-order chi connectivity index (χ1) is 9.27. The number of hydrogen-bond acceptors (Lipinski definition) is 4. The Bertz CT molecular complexity index is 567. The number of methoxy groups -OCH3 is 1. The molecule has 0 radical (unpaired) electrons. The van der Waals surface area contributed by atoms with Crippen LogP contribution in [-0.4, -0.2) is 26.2 Å². The molecule has 1 aromatic rings.